The monoisotopic (exact) mass is 304 g/mol. The summed E-state index contributed by atoms with van der Waals surface area (Å²) in [5.74, 6) is -0.431. The first kappa shape index (κ1) is 13.4. The molecule has 1 aromatic heterocycles. The molecule has 0 aromatic carbocycles. The van der Waals surface area contributed by atoms with Gasteiger partial charge in [0.25, 0.3) is 0 Å². The summed E-state index contributed by atoms with van der Waals surface area (Å²) in [5.41, 5.74) is 1.42. The lowest BCUT2D eigenvalue weighted by Crippen LogP contribution is -2.18. The molecule has 1 atom stereocenters. The molecule has 3 nitrogen and oxygen atoms in total. The highest BCUT2D eigenvalue weighted by Crippen LogP contribution is 2.21. The number of thiophene rings is 1. The number of hydrogen-bond donors (Lipinski definition) is 0. The molecule has 0 radical (unpaired) electrons. The maximum atomic E-state index is 11.2. The van der Waals surface area contributed by atoms with Crippen molar-refractivity contribution in [1.29, 1.82) is 0 Å². The van der Waals surface area contributed by atoms with Crippen LogP contribution in [0.25, 0.3) is 0 Å². The molecule has 0 fully saturated rings. The maximum absolute atomic E-state index is 11.2. The van der Waals surface area contributed by atoms with E-state index in [-0.39, 0.29) is 0 Å². The number of esters is 1. The molecule has 1 rings (SSSR count). The van der Waals surface area contributed by atoms with Gasteiger partial charge in [-0.05, 0) is 46.8 Å². The third-order valence-electron chi connectivity index (χ3n) is 1.73. The normalized spacial score (nSPS) is 12.2. The SMILES string of the molecule is C=C(C)C(=O)OC(C)OCc1csc(Br)c1. The Morgan fingerprint density at radius 1 is 1.69 bits per heavy atom. The molecular weight excluding hydrogens is 292 g/mol. The van der Waals surface area contributed by atoms with E-state index in [1.807, 2.05) is 11.4 Å². The number of halogens is 1. The Labute approximate surface area is 107 Å². The summed E-state index contributed by atoms with van der Waals surface area (Å²) >= 11 is 4.95. The van der Waals surface area contributed by atoms with Gasteiger partial charge in [0.05, 0.1) is 10.4 Å². The van der Waals surface area contributed by atoms with E-state index in [2.05, 4.69) is 22.5 Å². The van der Waals surface area contributed by atoms with Gasteiger partial charge in [-0.25, -0.2) is 4.79 Å². The number of ether oxygens (including phenoxy) is 2. The van der Waals surface area contributed by atoms with Crippen molar-refractivity contribution < 1.29 is 14.3 Å². The number of rotatable bonds is 5. The van der Waals surface area contributed by atoms with Crippen molar-refractivity contribution in [3.8, 4) is 0 Å². The quantitative estimate of drug-likeness (QED) is 0.474. The fourth-order valence-electron chi connectivity index (χ4n) is 0.920. The molecule has 0 aliphatic rings. The van der Waals surface area contributed by atoms with E-state index >= 15 is 0 Å². The van der Waals surface area contributed by atoms with Gasteiger partial charge >= 0.3 is 5.97 Å². The van der Waals surface area contributed by atoms with Crippen LogP contribution in [0.15, 0.2) is 27.4 Å². The van der Waals surface area contributed by atoms with Crippen molar-refractivity contribution in [2.24, 2.45) is 0 Å². The summed E-state index contributed by atoms with van der Waals surface area (Å²) in [7, 11) is 0. The van der Waals surface area contributed by atoms with Crippen molar-refractivity contribution in [2.45, 2.75) is 26.7 Å². The molecule has 0 N–H and O–H groups in total. The fourth-order valence-corrected chi connectivity index (χ4v) is 2.11. The summed E-state index contributed by atoms with van der Waals surface area (Å²) < 4.78 is 11.4. The van der Waals surface area contributed by atoms with E-state index in [9.17, 15) is 4.79 Å². The summed E-state index contributed by atoms with van der Waals surface area (Å²) in [6.07, 6.45) is -0.567. The predicted octanol–water partition coefficient (Wildman–Crippen LogP) is 3.49. The minimum absolute atomic E-state index is 0.369. The minimum atomic E-state index is -0.567. The van der Waals surface area contributed by atoms with Gasteiger partial charge in [-0.15, -0.1) is 11.3 Å². The zero-order valence-electron chi connectivity index (χ0n) is 9.16. The van der Waals surface area contributed by atoms with Gasteiger partial charge in [-0.3, -0.25) is 0 Å². The van der Waals surface area contributed by atoms with Crippen molar-refractivity contribution in [1.82, 2.24) is 0 Å². The zero-order chi connectivity index (χ0) is 12.1. The fraction of sp³-hybridized carbons (Fsp3) is 0.364. The molecule has 1 unspecified atom stereocenters. The van der Waals surface area contributed by atoms with Crippen molar-refractivity contribution >= 4 is 33.2 Å². The highest BCUT2D eigenvalue weighted by Gasteiger charge is 2.10. The van der Waals surface area contributed by atoms with Crippen LogP contribution in [0.1, 0.15) is 19.4 Å². The van der Waals surface area contributed by atoms with E-state index < -0.39 is 12.3 Å². The van der Waals surface area contributed by atoms with Crippen LogP contribution in [-0.4, -0.2) is 12.3 Å². The minimum Gasteiger partial charge on any atom is -0.433 e. The van der Waals surface area contributed by atoms with E-state index in [4.69, 9.17) is 9.47 Å². The molecule has 16 heavy (non-hydrogen) atoms. The molecule has 0 spiro atoms. The Kier molecular flexibility index (Phi) is 5.18. The van der Waals surface area contributed by atoms with E-state index in [0.29, 0.717) is 12.2 Å². The molecule has 0 amide bonds. The summed E-state index contributed by atoms with van der Waals surface area (Å²) in [5, 5.41) is 1.98. The smallest absolute Gasteiger partial charge is 0.335 e. The van der Waals surface area contributed by atoms with E-state index in [1.54, 1.807) is 25.2 Å². The molecule has 0 aliphatic heterocycles. The topological polar surface area (TPSA) is 35.5 Å². The van der Waals surface area contributed by atoms with Crippen LogP contribution >= 0.6 is 27.3 Å². The molecule has 5 heteroatoms. The first-order valence-corrected chi connectivity index (χ1v) is 6.37. The van der Waals surface area contributed by atoms with Gasteiger partial charge in [0.15, 0.2) is 0 Å². The summed E-state index contributed by atoms with van der Waals surface area (Å²) in [4.78, 5) is 11.2. The van der Waals surface area contributed by atoms with Crippen LogP contribution in [0.5, 0.6) is 0 Å². The van der Waals surface area contributed by atoms with Crippen LogP contribution in [0.4, 0.5) is 0 Å². The van der Waals surface area contributed by atoms with Gasteiger partial charge in [0.1, 0.15) is 0 Å². The molecule has 0 saturated heterocycles. The number of carbonyl (C=O) groups is 1. The number of carbonyl (C=O) groups excluding carboxylic acids is 1. The lowest BCUT2D eigenvalue weighted by atomic mass is 10.4. The lowest BCUT2D eigenvalue weighted by Gasteiger charge is -2.13. The highest BCUT2D eigenvalue weighted by atomic mass is 79.9. The average molecular weight is 305 g/mol. The van der Waals surface area contributed by atoms with Crippen LogP contribution in [0.2, 0.25) is 0 Å². The van der Waals surface area contributed by atoms with Gasteiger partial charge in [-0.2, -0.15) is 0 Å². The molecule has 1 aromatic rings. The third-order valence-corrected chi connectivity index (χ3v) is 3.28. The van der Waals surface area contributed by atoms with E-state index in [1.165, 1.54) is 0 Å². The second-order valence-corrected chi connectivity index (χ2v) is 5.61. The highest BCUT2D eigenvalue weighted by molar-refractivity contribution is 9.11. The van der Waals surface area contributed by atoms with Crippen molar-refractivity contribution in [3.05, 3.63) is 32.9 Å². The van der Waals surface area contributed by atoms with Crippen LogP contribution in [-0.2, 0) is 20.9 Å². The zero-order valence-corrected chi connectivity index (χ0v) is 11.6. The Morgan fingerprint density at radius 2 is 2.38 bits per heavy atom. The molecule has 1 heterocycles. The van der Waals surface area contributed by atoms with Gasteiger partial charge < -0.3 is 9.47 Å². The van der Waals surface area contributed by atoms with Gasteiger partial charge in [0.2, 0.25) is 6.29 Å². The molecule has 88 valence electrons. The molecule has 0 bridgehead atoms. The van der Waals surface area contributed by atoms with Gasteiger partial charge in [-0.1, -0.05) is 6.58 Å². The van der Waals surface area contributed by atoms with Crippen molar-refractivity contribution in [2.75, 3.05) is 0 Å². The Bertz CT molecular complexity index is 386. The standard InChI is InChI=1S/C11H13BrO3S/c1-7(2)11(13)15-8(3)14-5-9-4-10(12)16-6-9/h4,6,8H,1,5H2,2-3H3. The number of hydrogen-bond acceptors (Lipinski definition) is 4. The summed E-state index contributed by atoms with van der Waals surface area (Å²) in [6.45, 7) is 7.20. The van der Waals surface area contributed by atoms with Crippen molar-refractivity contribution in [3.63, 3.8) is 0 Å². The third kappa shape index (κ3) is 4.47. The second-order valence-electron chi connectivity index (χ2n) is 3.32. The Morgan fingerprint density at radius 3 is 2.88 bits per heavy atom. The first-order chi connectivity index (χ1) is 7.49. The van der Waals surface area contributed by atoms with Crippen LogP contribution in [0.3, 0.4) is 0 Å². The van der Waals surface area contributed by atoms with E-state index in [0.717, 1.165) is 9.35 Å². The van der Waals surface area contributed by atoms with Crippen LogP contribution < -0.4 is 0 Å². The maximum Gasteiger partial charge on any atom is 0.335 e. The predicted molar refractivity (Wildman–Crippen MR) is 67.2 cm³/mol. The Hall–Kier alpha value is -0.650. The molecule has 0 saturated carbocycles. The second kappa shape index (κ2) is 6.18. The van der Waals surface area contributed by atoms with Gasteiger partial charge in [0, 0.05) is 5.57 Å². The summed E-state index contributed by atoms with van der Waals surface area (Å²) in [6, 6.07) is 1.97. The molecular formula is C11H13BrO3S. The lowest BCUT2D eigenvalue weighted by molar-refractivity contribution is -0.172. The average Bonchev–Trinajstić information content (AvgIpc) is 2.61. The Balaban J connectivity index is 2.33. The molecule has 0 aliphatic carbocycles. The van der Waals surface area contributed by atoms with Crippen LogP contribution in [0, 0.1) is 0 Å². The first-order valence-electron chi connectivity index (χ1n) is 4.70. The largest absolute Gasteiger partial charge is 0.433 e.